The SMILES string of the molecule is CCSc1nc(C(N)c2ccc(S(N)(=O)=O)cc2)c2cnn(C)c2n1. The first kappa shape index (κ1) is 17.8. The third-order valence-electron chi connectivity index (χ3n) is 3.74. The maximum Gasteiger partial charge on any atom is 0.238 e. The van der Waals surface area contributed by atoms with E-state index in [9.17, 15) is 8.42 Å². The van der Waals surface area contributed by atoms with Crippen molar-refractivity contribution in [2.45, 2.75) is 23.0 Å². The molecular formula is C15H18N6O2S2. The number of aryl methyl sites for hydroxylation is 1. The molecule has 2 heterocycles. The fourth-order valence-corrected chi connectivity index (χ4v) is 3.56. The summed E-state index contributed by atoms with van der Waals surface area (Å²) in [5.74, 6) is 0.834. The van der Waals surface area contributed by atoms with Gasteiger partial charge in [-0.25, -0.2) is 23.5 Å². The Bertz CT molecular complexity index is 1010. The van der Waals surface area contributed by atoms with Crippen LogP contribution in [0, 0.1) is 0 Å². The molecule has 2 aromatic heterocycles. The highest BCUT2D eigenvalue weighted by atomic mass is 32.2. The Hall–Kier alpha value is -2.01. The predicted molar refractivity (Wildman–Crippen MR) is 96.5 cm³/mol. The van der Waals surface area contributed by atoms with Gasteiger partial charge in [0.25, 0.3) is 0 Å². The zero-order valence-electron chi connectivity index (χ0n) is 13.7. The highest BCUT2D eigenvalue weighted by Crippen LogP contribution is 2.27. The van der Waals surface area contributed by atoms with Crippen LogP contribution in [0.1, 0.15) is 24.2 Å². The van der Waals surface area contributed by atoms with Crippen LogP contribution < -0.4 is 10.9 Å². The van der Waals surface area contributed by atoms with Gasteiger partial charge in [-0.3, -0.25) is 4.68 Å². The van der Waals surface area contributed by atoms with Gasteiger partial charge in [-0.15, -0.1) is 0 Å². The number of primary sulfonamides is 1. The van der Waals surface area contributed by atoms with E-state index in [0.29, 0.717) is 16.5 Å². The van der Waals surface area contributed by atoms with Gasteiger partial charge in [0.05, 0.1) is 28.2 Å². The van der Waals surface area contributed by atoms with Crippen molar-refractivity contribution in [3.63, 3.8) is 0 Å². The lowest BCUT2D eigenvalue weighted by atomic mass is 10.0. The molecule has 0 spiro atoms. The Morgan fingerprint density at radius 1 is 1.24 bits per heavy atom. The van der Waals surface area contributed by atoms with Crippen molar-refractivity contribution in [3.8, 4) is 0 Å². The van der Waals surface area contributed by atoms with Crippen LogP contribution in [-0.2, 0) is 17.1 Å². The molecule has 0 aliphatic carbocycles. The zero-order valence-corrected chi connectivity index (χ0v) is 15.4. The molecule has 0 saturated carbocycles. The molecule has 0 bridgehead atoms. The average molecular weight is 378 g/mol. The Morgan fingerprint density at radius 3 is 2.52 bits per heavy atom. The first-order valence-electron chi connectivity index (χ1n) is 7.52. The molecule has 8 nitrogen and oxygen atoms in total. The van der Waals surface area contributed by atoms with E-state index in [-0.39, 0.29) is 4.90 Å². The molecule has 132 valence electrons. The largest absolute Gasteiger partial charge is 0.319 e. The summed E-state index contributed by atoms with van der Waals surface area (Å²) in [6.07, 6.45) is 1.68. The van der Waals surface area contributed by atoms with Gasteiger partial charge >= 0.3 is 0 Å². The second kappa shape index (κ2) is 6.71. The second-order valence-electron chi connectivity index (χ2n) is 5.42. The average Bonchev–Trinajstić information content (AvgIpc) is 2.94. The quantitative estimate of drug-likeness (QED) is 0.503. The summed E-state index contributed by atoms with van der Waals surface area (Å²) in [6.45, 7) is 2.02. The summed E-state index contributed by atoms with van der Waals surface area (Å²) >= 11 is 1.52. The molecule has 0 fully saturated rings. The van der Waals surface area contributed by atoms with Crippen molar-refractivity contribution in [2.24, 2.45) is 17.9 Å². The number of sulfonamides is 1. The van der Waals surface area contributed by atoms with Gasteiger partial charge in [0.1, 0.15) is 0 Å². The lowest BCUT2D eigenvalue weighted by Gasteiger charge is -2.14. The molecule has 0 saturated heterocycles. The van der Waals surface area contributed by atoms with Gasteiger partial charge in [0.15, 0.2) is 10.8 Å². The van der Waals surface area contributed by atoms with E-state index in [1.54, 1.807) is 23.0 Å². The first-order chi connectivity index (χ1) is 11.8. The van der Waals surface area contributed by atoms with Crippen molar-refractivity contribution < 1.29 is 8.42 Å². The molecule has 3 rings (SSSR count). The Kier molecular flexibility index (Phi) is 4.78. The number of fused-ring (bicyclic) bond motifs is 1. The summed E-state index contributed by atoms with van der Waals surface area (Å²) in [5.41, 5.74) is 8.48. The van der Waals surface area contributed by atoms with Crippen LogP contribution >= 0.6 is 11.8 Å². The molecule has 0 amide bonds. The molecular weight excluding hydrogens is 360 g/mol. The summed E-state index contributed by atoms with van der Waals surface area (Å²) in [6, 6.07) is 5.62. The first-order valence-corrected chi connectivity index (χ1v) is 10.0. The zero-order chi connectivity index (χ0) is 18.2. The number of nitrogens with two attached hydrogens (primary N) is 2. The lowest BCUT2D eigenvalue weighted by molar-refractivity contribution is 0.597. The Balaban J connectivity index is 2.08. The molecule has 1 unspecified atom stereocenters. The maximum absolute atomic E-state index is 11.4. The topological polar surface area (TPSA) is 130 Å². The summed E-state index contributed by atoms with van der Waals surface area (Å²) in [4.78, 5) is 9.13. The van der Waals surface area contributed by atoms with E-state index in [1.165, 1.54) is 23.9 Å². The normalized spacial score (nSPS) is 13.3. The van der Waals surface area contributed by atoms with Crippen molar-refractivity contribution in [3.05, 3.63) is 41.7 Å². The summed E-state index contributed by atoms with van der Waals surface area (Å²) in [5, 5.41) is 10.8. The number of benzene rings is 1. The number of thioether (sulfide) groups is 1. The smallest absolute Gasteiger partial charge is 0.238 e. The number of aromatic nitrogens is 4. The number of rotatable bonds is 5. The van der Waals surface area contributed by atoms with Crippen LogP contribution in [0.4, 0.5) is 0 Å². The third-order valence-corrected chi connectivity index (χ3v) is 5.40. The molecule has 0 aliphatic rings. The maximum atomic E-state index is 11.4. The van der Waals surface area contributed by atoms with E-state index in [4.69, 9.17) is 10.9 Å². The highest BCUT2D eigenvalue weighted by molar-refractivity contribution is 7.99. The molecule has 4 N–H and O–H groups in total. The highest BCUT2D eigenvalue weighted by Gasteiger charge is 2.19. The minimum Gasteiger partial charge on any atom is -0.319 e. The van der Waals surface area contributed by atoms with E-state index in [2.05, 4.69) is 15.1 Å². The van der Waals surface area contributed by atoms with Crippen LogP contribution in [0.5, 0.6) is 0 Å². The van der Waals surface area contributed by atoms with Crippen LogP contribution in [0.15, 0.2) is 40.5 Å². The van der Waals surface area contributed by atoms with Crippen molar-refractivity contribution in [1.82, 2.24) is 19.7 Å². The minimum atomic E-state index is -3.74. The Labute approximate surface area is 149 Å². The monoisotopic (exact) mass is 378 g/mol. The molecule has 0 radical (unpaired) electrons. The van der Waals surface area contributed by atoms with Crippen LogP contribution in [0.3, 0.4) is 0 Å². The minimum absolute atomic E-state index is 0.0416. The summed E-state index contributed by atoms with van der Waals surface area (Å²) < 4.78 is 24.5. The number of hydrogen-bond acceptors (Lipinski definition) is 7. The molecule has 3 aromatic rings. The number of hydrogen-bond donors (Lipinski definition) is 2. The van der Waals surface area contributed by atoms with Gasteiger partial charge in [0.2, 0.25) is 10.0 Å². The van der Waals surface area contributed by atoms with Crippen LogP contribution in [0.2, 0.25) is 0 Å². The van der Waals surface area contributed by atoms with Crippen LogP contribution in [-0.4, -0.2) is 33.9 Å². The standard InChI is InChI=1S/C15H18N6O2S2/c1-3-24-15-19-13(11-8-18-21(2)14(11)20-15)12(16)9-4-6-10(7-5-9)25(17,22)23/h4-8,12H,3,16H2,1-2H3,(H2,17,22,23). The van der Waals surface area contributed by atoms with Crippen molar-refractivity contribution >= 4 is 32.8 Å². The molecule has 0 aliphatic heterocycles. The van der Waals surface area contributed by atoms with E-state index < -0.39 is 16.1 Å². The van der Waals surface area contributed by atoms with Gasteiger partial charge in [-0.2, -0.15) is 5.10 Å². The van der Waals surface area contributed by atoms with E-state index >= 15 is 0 Å². The fraction of sp³-hybridized carbons (Fsp3) is 0.267. The van der Waals surface area contributed by atoms with Crippen molar-refractivity contribution in [2.75, 3.05) is 5.75 Å². The molecule has 10 heteroatoms. The van der Waals surface area contributed by atoms with Gasteiger partial charge in [0, 0.05) is 7.05 Å². The second-order valence-corrected chi connectivity index (χ2v) is 8.21. The van der Waals surface area contributed by atoms with E-state index in [0.717, 1.165) is 16.7 Å². The third kappa shape index (κ3) is 3.52. The fourth-order valence-electron chi connectivity index (χ4n) is 2.48. The predicted octanol–water partition coefficient (Wildman–Crippen LogP) is 1.17. The number of nitrogens with zero attached hydrogens (tertiary/aromatic N) is 4. The van der Waals surface area contributed by atoms with Crippen LogP contribution in [0.25, 0.3) is 11.0 Å². The molecule has 1 atom stereocenters. The van der Waals surface area contributed by atoms with Gasteiger partial charge in [-0.1, -0.05) is 30.8 Å². The lowest BCUT2D eigenvalue weighted by Crippen LogP contribution is -2.16. The molecule has 25 heavy (non-hydrogen) atoms. The molecule has 1 aromatic carbocycles. The van der Waals surface area contributed by atoms with Gasteiger partial charge < -0.3 is 5.73 Å². The van der Waals surface area contributed by atoms with Crippen molar-refractivity contribution in [1.29, 1.82) is 0 Å². The van der Waals surface area contributed by atoms with Gasteiger partial charge in [-0.05, 0) is 23.4 Å². The van der Waals surface area contributed by atoms with E-state index in [1.807, 2.05) is 14.0 Å². The Morgan fingerprint density at radius 2 is 1.92 bits per heavy atom. The summed E-state index contributed by atoms with van der Waals surface area (Å²) in [7, 11) is -1.93.